The lowest BCUT2D eigenvalue weighted by atomic mass is 9.81. The quantitative estimate of drug-likeness (QED) is 0.831. The van der Waals surface area contributed by atoms with Gasteiger partial charge in [0.05, 0.1) is 0 Å². The second-order valence-corrected chi connectivity index (χ2v) is 6.25. The molecule has 1 aromatic carbocycles. The van der Waals surface area contributed by atoms with Crippen LogP contribution in [0.4, 0.5) is 0 Å². The summed E-state index contributed by atoms with van der Waals surface area (Å²) in [5, 5.41) is 3.56. The third-order valence-electron chi connectivity index (χ3n) is 4.57. The summed E-state index contributed by atoms with van der Waals surface area (Å²) >= 11 is 0. The van der Waals surface area contributed by atoms with Gasteiger partial charge in [0.1, 0.15) is 0 Å². The van der Waals surface area contributed by atoms with Gasteiger partial charge in [-0.1, -0.05) is 38.3 Å². The minimum Gasteiger partial charge on any atom is -0.454 e. The van der Waals surface area contributed by atoms with Crippen LogP contribution in [0.5, 0.6) is 11.5 Å². The SMILES string of the molecule is CC1CCCC(CCNCc2cccc3c2OCO3)C1. The van der Waals surface area contributed by atoms with E-state index in [1.807, 2.05) is 12.1 Å². The molecule has 1 aliphatic carbocycles. The molecule has 3 heteroatoms. The number of fused-ring (bicyclic) bond motifs is 1. The van der Waals surface area contributed by atoms with E-state index in [9.17, 15) is 0 Å². The van der Waals surface area contributed by atoms with Gasteiger partial charge in [0.15, 0.2) is 11.5 Å². The number of rotatable bonds is 5. The van der Waals surface area contributed by atoms with Crippen LogP contribution >= 0.6 is 0 Å². The Hall–Kier alpha value is -1.22. The van der Waals surface area contributed by atoms with Crippen LogP contribution in [0.3, 0.4) is 0 Å². The molecule has 2 atom stereocenters. The summed E-state index contributed by atoms with van der Waals surface area (Å²) in [6, 6.07) is 6.12. The molecule has 1 aliphatic heterocycles. The average Bonchev–Trinajstić information content (AvgIpc) is 2.93. The van der Waals surface area contributed by atoms with Crippen LogP contribution < -0.4 is 14.8 Å². The van der Waals surface area contributed by atoms with Crippen molar-refractivity contribution in [1.82, 2.24) is 5.32 Å². The summed E-state index contributed by atoms with van der Waals surface area (Å²) in [4.78, 5) is 0. The average molecular weight is 275 g/mol. The van der Waals surface area contributed by atoms with Crippen molar-refractivity contribution in [2.45, 2.75) is 45.6 Å². The molecule has 1 aromatic rings. The number of nitrogens with one attached hydrogen (secondary N) is 1. The molecule has 3 rings (SSSR count). The van der Waals surface area contributed by atoms with Gasteiger partial charge in [-0.25, -0.2) is 0 Å². The molecular formula is C17H25NO2. The largest absolute Gasteiger partial charge is 0.454 e. The summed E-state index contributed by atoms with van der Waals surface area (Å²) in [6.07, 6.45) is 6.99. The van der Waals surface area contributed by atoms with Gasteiger partial charge in [-0.15, -0.1) is 0 Å². The topological polar surface area (TPSA) is 30.5 Å². The predicted molar refractivity (Wildman–Crippen MR) is 80.0 cm³/mol. The zero-order valence-electron chi connectivity index (χ0n) is 12.4. The minimum atomic E-state index is 0.353. The molecular weight excluding hydrogens is 250 g/mol. The van der Waals surface area contributed by atoms with Gasteiger partial charge in [0.2, 0.25) is 6.79 Å². The molecule has 20 heavy (non-hydrogen) atoms. The van der Waals surface area contributed by atoms with Crippen LogP contribution in [-0.2, 0) is 6.54 Å². The molecule has 0 spiro atoms. The number of benzene rings is 1. The van der Waals surface area contributed by atoms with Gasteiger partial charge in [0.25, 0.3) is 0 Å². The van der Waals surface area contributed by atoms with E-state index in [-0.39, 0.29) is 0 Å². The molecule has 2 aliphatic rings. The zero-order valence-corrected chi connectivity index (χ0v) is 12.4. The Labute approximate surface area is 121 Å². The van der Waals surface area contributed by atoms with Crippen molar-refractivity contribution in [3.63, 3.8) is 0 Å². The van der Waals surface area contributed by atoms with E-state index in [0.717, 1.165) is 36.4 Å². The third kappa shape index (κ3) is 3.26. The predicted octanol–water partition coefficient (Wildman–Crippen LogP) is 3.72. The Kier molecular flexibility index (Phi) is 4.46. The molecule has 1 fully saturated rings. The molecule has 0 bridgehead atoms. The summed E-state index contributed by atoms with van der Waals surface area (Å²) < 4.78 is 10.9. The molecule has 2 unspecified atom stereocenters. The van der Waals surface area contributed by atoms with Crippen LogP contribution in [-0.4, -0.2) is 13.3 Å². The van der Waals surface area contributed by atoms with Gasteiger partial charge < -0.3 is 14.8 Å². The van der Waals surface area contributed by atoms with Gasteiger partial charge >= 0.3 is 0 Å². The number of para-hydroxylation sites is 1. The lowest BCUT2D eigenvalue weighted by Crippen LogP contribution is -2.21. The molecule has 0 saturated heterocycles. The van der Waals surface area contributed by atoms with Gasteiger partial charge in [-0.3, -0.25) is 0 Å². The van der Waals surface area contributed by atoms with Crippen LogP contribution in [0.1, 0.15) is 44.6 Å². The van der Waals surface area contributed by atoms with Crippen molar-refractivity contribution < 1.29 is 9.47 Å². The Morgan fingerprint density at radius 2 is 2.20 bits per heavy atom. The van der Waals surface area contributed by atoms with E-state index < -0.39 is 0 Å². The summed E-state index contributed by atoms with van der Waals surface area (Å²) in [5.41, 5.74) is 1.21. The number of ether oxygens (including phenoxy) is 2. The summed E-state index contributed by atoms with van der Waals surface area (Å²) in [6.45, 7) is 4.72. The van der Waals surface area contributed by atoms with Crippen molar-refractivity contribution in [1.29, 1.82) is 0 Å². The highest BCUT2D eigenvalue weighted by Crippen LogP contribution is 2.35. The first kappa shape index (κ1) is 13.7. The van der Waals surface area contributed by atoms with E-state index in [0.29, 0.717) is 6.79 Å². The number of hydrogen-bond donors (Lipinski definition) is 1. The van der Waals surface area contributed by atoms with Gasteiger partial charge in [0, 0.05) is 12.1 Å². The van der Waals surface area contributed by atoms with Gasteiger partial charge in [-0.2, -0.15) is 0 Å². The third-order valence-corrected chi connectivity index (χ3v) is 4.57. The molecule has 3 nitrogen and oxygen atoms in total. The Balaban J connectivity index is 1.43. The van der Waals surface area contributed by atoms with Crippen molar-refractivity contribution in [2.24, 2.45) is 11.8 Å². The maximum atomic E-state index is 5.53. The normalized spacial score (nSPS) is 24.9. The minimum absolute atomic E-state index is 0.353. The molecule has 1 heterocycles. The standard InChI is InChI=1S/C17H25NO2/c1-13-4-2-5-14(10-13)8-9-18-11-15-6-3-7-16-17(15)20-12-19-16/h3,6-7,13-14,18H,2,4-5,8-12H2,1H3. The smallest absolute Gasteiger partial charge is 0.231 e. The number of hydrogen-bond acceptors (Lipinski definition) is 3. The Bertz CT molecular complexity index is 447. The molecule has 1 N–H and O–H groups in total. The fraction of sp³-hybridized carbons (Fsp3) is 0.647. The Morgan fingerprint density at radius 1 is 1.25 bits per heavy atom. The maximum absolute atomic E-state index is 5.53. The summed E-state index contributed by atoms with van der Waals surface area (Å²) in [5.74, 6) is 3.65. The van der Waals surface area contributed by atoms with Crippen molar-refractivity contribution in [3.05, 3.63) is 23.8 Å². The highest BCUT2D eigenvalue weighted by atomic mass is 16.7. The monoisotopic (exact) mass is 275 g/mol. The van der Waals surface area contributed by atoms with E-state index in [2.05, 4.69) is 18.3 Å². The molecule has 1 saturated carbocycles. The van der Waals surface area contributed by atoms with Crippen LogP contribution in [0.15, 0.2) is 18.2 Å². The summed E-state index contributed by atoms with van der Waals surface area (Å²) in [7, 11) is 0. The van der Waals surface area contributed by atoms with Crippen LogP contribution in [0.2, 0.25) is 0 Å². The fourth-order valence-electron chi connectivity index (χ4n) is 3.48. The lowest BCUT2D eigenvalue weighted by molar-refractivity contribution is 0.173. The van der Waals surface area contributed by atoms with Crippen molar-refractivity contribution >= 4 is 0 Å². The maximum Gasteiger partial charge on any atom is 0.231 e. The van der Waals surface area contributed by atoms with E-state index >= 15 is 0 Å². The van der Waals surface area contributed by atoms with E-state index in [1.165, 1.54) is 37.7 Å². The zero-order chi connectivity index (χ0) is 13.8. The first-order valence-corrected chi connectivity index (χ1v) is 7.91. The molecule has 0 amide bonds. The molecule has 0 radical (unpaired) electrons. The lowest BCUT2D eigenvalue weighted by Gasteiger charge is -2.26. The highest BCUT2D eigenvalue weighted by molar-refractivity contribution is 5.48. The molecule has 0 aromatic heterocycles. The second kappa shape index (κ2) is 6.49. The van der Waals surface area contributed by atoms with E-state index in [1.54, 1.807) is 0 Å². The van der Waals surface area contributed by atoms with Crippen LogP contribution in [0.25, 0.3) is 0 Å². The molecule has 110 valence electrons. The first-order chi connectivity index (χ1) is 9.83. The Morgan fingerprint density at radius 3 is 3.10 bits per heavy atom. The first-order valence-electron chi connectivity index (χ1n) is 7.91. The highest BCUT2D eigenvalue weighted by Gasteiger charge is 2.19. The van der Waals surface area contributed by atoms with Crippen molar-refractivity contribution in [3.8, 4) is 11.5 Å². The van der Waals surface area contributed by atoms with Crippen LogP contribution in [0, 0.1) is 11.8 Å². The van der Waals surface area contributed by atoms with Gasteiger partial charge in [-0.05, 0) is 37.3 Å². The van der Waals surface area contributed by atoms with E-state index in [4.69, 9.17) is 9.47 Å². The fourth-order valence-corrected chi connectivity index (χ4v) is 3.48. The van der Waals surface area contributed by atoms with Crippen molar-refractivity contribution in [2.75, 3.05) is 13.3 Å². The second-order valence-electron chi connectivity index (χ2n) is 6.25.